The van der Waals surface area contributed by atoms with Crippen molar-refractivity contribution in [3.05, 3.63) is 16.6 Å². The summed E-state index contributed by atoms with van der Waals surface area (Å²) < 4.78 is 0. The van der Waals surface area contributed by atoms with Crippen molar-refractivity contribution in [1.82, 2.24) is 10.3 Å². The van der Waals surface area contributed by atoms with Gasteiger partial charge in [-0.15, -0.1) is 11.3 Å². The molecule has 2 unspecified atom stereocenters. The summed E-state index contributed by atoms with van der Waals surface area (Å²) in [6, 6.07) is 0.564. The number of thiazole rings is 1. The van der Waals surface area contributed by atoms with E-state index >= 15 is 0 Å². The fourth-order valence-corrected chi connectivity index (χ4v) is 2.77. The number of hydrogen-bond donors (Lipinski definition) is 1. The van der Waals surface area contributed by atoms with Crippen molar-refractivity contribution in [2.24, 2.45) is 0 Å². The highest BCUT2D eigenvalue weighted by molar-refractivity contribution is 7.09. The molecule has 0 radical (unpaired) electrons. The predicted octanol–water partition coefficient (Wildman–Crippen LogP) is 3.94. The monoisotopic (exact) mass is 240 g/mol. The van der Waals surface area contributed by atoms with E-state index in [-0.39, 0.29) is 5.54 Å². The molecule has 1 N–H and O–H groups in total. The highest BCUT2D eigenvalue weighted by atomic mass is 32.1. The molecule has 2 atom stereocenters. The molecule has 0 amide bonds. The predicted molar refractivity (Wildman–Crippen MR) is 71.9 cm³/mol. The van der Waals surface area contributed by atoms with Crippen molar-refractivity contribution in [2.75, 3.05) is 0 Å². The van der Waals surface area contributed by atoms with E-state index in [9.17, 15) is 0 Å². The van der Waals surface area contributed by atoms with Gasteiger partial charge in [-0.3, -0.25) is 0 Å². The maximum absolute atomic E-state index is 4.45. The van der Waals surface area contributed by atoms with E-state index < -0.39 is 0 Å². The average Bonchev–Trinajstić information content (AvgIpc) is 2.80. The molecular weight excluding hydrogens is 216 g/mol. The van der Waals surface area contributed by atoms with Crippen LogP contribution in [0.15, 0.2) is 11.6 Å². The van der Waals surface area contributed by atoms with Gasteiger partial charge in [-0.05, 0) is 26.7 Å². The molecular formula is C13H24N2S. The van der Waals surface area contributed by atoms with Gasteiger partial charge in [0.1, 0.15) is 5.01 Å². The van der Waals surface area contributed by atoms with Crippen LogP contribution in [0.1, 0.15) is 58.4 Å². The van der Waals surface area contributed by atoms with Crippen LogP contribution in [0.2, 0.25) is 0 Å². The molecule has 92 valence electrons. The summed E-state index contributed by atoms with van der Waals surface area (Å²) in [7, 11) is 0. The van der Waals surface area contributed by atoms with Crippen LogP contribution in [0.4, 0.5) is 0 Å². The van der Waals surface area contributed by atoms with E-state index in [1.54, 1.807) is 11.3 Å². The van der Waals surface area contributed by atoms with E-state index in [0.29, 0.717) is 6.04 Å². The second-order valence-corrected chi connectivity index (χ2v) is 5.61. The minimum Gasteiger partial charge on any atom is -0.303 e. The van der Waals surface area contributed by atoms with Gasteiger partial charge in [0, 0.05) is 17.6 Å². The zero-order chi connectivity index (χ0) is 12.0. The molecule has 0 aliphatic rings. The van der Waals surface area contributed by atoms with Crippen LogP contribution in [-0.2, 0) is 5.54 Å². The van der Waals surface area contributed by atoms with Crippen molar-refractivity contribution in [3.63, 3.8) is 0 Å². The zero-order valence-corrected chi connectivity index (χ0v) is 11.7. The highest BCUT2D eigenvalue weighted by Crippen LogP contribution is 2.27. The molecule has 2 nitrogen and oxygen atoms in total. The van der Waals surface area contributed by atoms with Crippen LogP contribution < -0.4 is 5.32 Å². The van der Waals surface area contributed by atoms with Crippen LogP contribution in [0, 0.1) is 0 Å². The Morgan fingerprint density at radius 2 is 2.25 bits per heavy atom. The zero-order valence-electron chi connectivity index (χ0n) is 10.9. The Hall–Kier alpha value is -0.410. The van der Waals surface area contributed by atoms with Crippen LogP contribution in [0.3, 0.4) is 0 Å². The molecule has 0 aromatic carbocycles. The summed E-state index contributed by atoms with van der Waals surface area (Å²) in [4.78, 5) is 4.45. The maximum Gasteiger partial charge on any atom is 0.112 e. The van der Waals surface area contributed by atoms with E-state index in [0.717, 1.165) is 6.42 Å². The Bertz CT molecular complexity index is 284. The molecule has 0 saturated carbocycles. The minimum absolute atomic E-state index is 0.0430. The van der Waals surface area contributed by atoms with Crippen molar-refractivity contribution < 1.29 is 0 Å². The Labute approximate surface area is 103 Å². The Kier molecular flexibility index (Phi) is 5.42. The first-order valence-electron chi connectivity index (χ1n) is 6.30. The normalized spacial score (nSPS) is 17.0. The molecule has 16 heavy (non-hydrogen) atoms. The van der Waals surface area contributed by atoms with Crippen LogP contribution in [-0.4, -0.2) is 11.0 Å². The van der Waals surface area contributed by atoms with E-state index in [4.69, 9.17) is 0 Å². The number of nitrogens with zero attached hydrogens (tertiary/aromatic N) is 1. The fraction of sp³-hybridized carbons (Fsp3) is 0.769. The molecule has 1 aromatic heterocycles. The smallest absolute Gasteiger partial charge is 0.112 e. The van der Waals surface area contributed by atoms with Crippen molar-refractivity contribution in [2.45, 2.75) is 65.0 Å². The van der Waals surface area contributed by atoms with Crippen molar-refractivity contribution in [3.8, 4) is 0 Å². The summed E-state index contributed by atoms with van der Waals surface area (Å²) in [5.74, 6) is 0. The molecule has 0 aliphatic carbocycles. The second-order valence-electron chi connectivity index (χ2n) is 4.71. The SMILES string of the molecule is CCCCC(C)NC(C)(CC)c1nccs1. The second kappa shape index (κ2) is 6.36. The van der Waals surface area contributed by atoms with Crippen LogP contribution >= 0.6 is 11.3 Å². The summed E-state index contributed by atoms with van der Waals surface area (Å²) in [5.41, 5.74) is 0.0430. The molecule has 0 aliphatic heterocycles. The first-order valence-corrected chi connectivity index (χ1v) is 7.18. The number of aromatic nitrogens is 1. The molecule has 0 fully saturated rings. The standard InChI is InChI=1S/C13H24N2S/c1-5-7-8-11(3)15-13(4,6-2)12-14-9-10-16-12/h9-11,15H,5-8H2,1-4H3. The van der Waals surface area contributed by atoms with Gasteiger partial charge in [0.2, 0.25) is 0 Å². The van der Waals surface area contributed by atoms with Gasteiger partial charge in [0.05, 0.1) is 5.54 Å². The third-order valence-electron chi connectivity index (χ3n) is 3.17. The molecule has 3 heteroatoms. The summed E-state index contributed by atoms with van der Waals surface area (Å²) in [5, 5.41) is 6.99. The van der Waals surface area contributed by atoms with E-state index in [2.05, 4.69) is 43.4 Å². The van der Waals surface area contributed by atoms with Gasteiger partial charge < -0.3 is 5.32 Å². The Balaban J connectivity index is 2.60. The lowest BCUT2D eigenvalue weighted by Gasteiger charge is -2.31. The van der Waals surface area contributed by atoms with Gasteiger partial charge in [0.15, 0.2) is 0 Å². The lowest BCUT2D eigenvalue weighted by atomic mass is 9.97. The van der Waals surface area contributed by atoms with Gasteiger partial charge >= 0.3 is 0 Å². The fourth-order valence-electron chi connectivity index (χ4n) is 1.94. The molecule has 1 aromatic rings. The third kappa shape index (κ3) is 3.56. The number of rotatable bonds is 7. The summed E-state index contributed by atoms with van der Waals surface area (Å²) in [6.07, 6.45) is 6.79. The number of nitrogens with one attached hydrogen (secondary N) is 1. The van der Waals surface area contributed by atoms with Crippen molar-refractivity contribution >= 4 is 11.3 Å². The summed E-state index contributed by atoms with van der Waals surface area (Å²) >= 11 is 1.75. The topological polar surface area (TPSA) is 24.9 Å². The third-order valence-corrected chi connectivity index (χ3v) is 4.20. The van der Waals surface area contributed by atoms with Gasteiger partial charge in [0.25, 0.3) is 0 Å². The largest absolute Gasteiger partial charge is 0.303 e. The Morgan fingerprint density at radius 1 is 1.50 bits per heavy atom. The quantitative estimate of drug-likeness (QED) is 0.781. The highest BCUT2D eigenvalue weighted by Gasteiger charge is 2.28. The Morgan fingerprint density at radius 3 is 2.75 bits per heavy atom. The molecule has 1 heterocycles. The first kappa shape index (κ1) is 13.7. The lowest BCUT2D eigenvalue weighted by Crippen LogP contribution is -2.44. The molecule has 0 spiro atoms. The molecule has 0 saturated heterocycles. The van der Waals surface area contributed by atoms with E-state index in [1.165, 1.54) is 24.3 Å². The van der Waals surface area contributed by atoms with Crippen LogP contribution in [0.5, 0.6) is 0 Å². The van der Waals surface area contributed by atoms with Gasteiger partial charge in [-0.2, -0.15) is 0 Å². The van der Waals surface area contributed by atoms with E-state index in [1.807, 2.05) is 6.20 Å². The minimum atomic E-state index is 0.0430. The molecule has 0 bridgehead atoms. The average molecular weight is 240 g/mol. The van der Waals surface area contributed by atoms with Gasteiger partial charge in [-0.1, -0.05) is 26.7 Å². The molecule has 1 rings (SSSR count). The lowest BCUT2D eigenvalue weighted by molar-refractivity contribution is 0.301. The first-order chi connectivity index (χ1) is 7.62. The maximum atomic E-state index is 4.45. The van der Waals surface area contributed by atoms with Crippen LogP contribution in [0.25, 0.3) is 0 Å². The van der Waals surface area contributed by atoms with Gasteiger partial charge in [-0.25, -0.2) is 4.98 Å². The van der Waals surface area contributed by atoms with Crippen molar-refractivity contribution in [1.29, 1.82) is 0 Å². The number of hydrogen-bond acceptors (Lipinski definition) is 3. The summed E-state index contributed by atoms with van der Waals surface area (Å²) in [6.45, 7) is 9.00. The number of unbranched alkanes of at least 4 members (excludes halogenated alkanes) is 1.